The molecule has 0 heterocycles. The summed E-state index contributed by atoms with van der Waals surface area (Å²) in [5.74, 6) is -1.12. The average molecular weight is 303 g/mol. The summed E-state index contributed by atoms with van der Waals surface area (Å²) in [6.07, 6.45) is 0. The molecule has 17 heavy (non-hydrogen) atoms. The van der Waals surface area contributed by atoms with Crippen LogP contribution in [0.5, 0.6) is 0 Å². The van der Waals surface area contributed by atoms with E-state index in [0.29, 0.717) is 0 Å². The van der Waals surface area contributed by atoms with Gasteiger partial charge in [-0.05, 0) is 14.5 Å². The molecule has 0 aromatic carbocycles. The molecule has 0 aromatic rings. The molecular formula is C5H9NNa2O7P2. The van der Waals surface area contributed by atoms with Crippen LogP contribution in [0.3, 0.4) is 0 Å². The number of carbonyl (C=O) groups excluding carboxylic acids is 1. The van der Waals surface area contributed by atoms with Crippen molar-refractivity contribution in [2.45, 2.75) is 12.4 Å². The standard InChI is InChI=1S/C5H11NO7P2.2Na/c1-3(2)4(7)6-5(14(8,9)10)15(11,12)13;;/h5H,1H2,2H3,(H,6,7)(H2,8,9,10)(H2,11,12,13);;/q;2*+1/p-2. The minimum atomic E-state index is -5.63. The van der Waals surface area contributed by atoms with E-state index in [-0.39, 0.29) is 64.7 Å². The first-order valence-electron chi connectivity index (χ1n) is 3.49. The fourth-order valence-electron chi connectivity index (χ4n) is 0.588. The summed E-state index contributed by atoms with van der Waals surface area (Å²) in [5, 5.41) is 1.41. The zero-order valence-electron chi connectivity index (χ0n) is 9.61. The van der Waals surface area contributed by atoms with Crippen LogP contribution in [0.15, 0.2) is 12.2 Å². The van der Waals surface area contributed by atoms with Gasteiger partial charge in [0, 0.05) is 5.57 Å². The normalized spacial score (nSPS) is 12.8. The van der Waals surface area contributed by atoms with Crippen molar-refractivity contribution >= 4 is 21.1 Å². The van der Waals surface area contributed by atoms with Gasteiger partial charge in [0.2, 0.25) is 5.91 Å². The summed E-state index contributed by atoms with van der Waals surface area (Å²) < 4.78 is 21.1. The van der Waals surface area contributed by atoms with Crippen LogP contribution in [0, 0.1) is 0 Å². The number of hydrogen-bond acceptors (Lipinski definition) is 5. The summed E-state index contributed by atoms with van der Waals surface area (Å²) in [7, 11) is -10.9. The molecule has 1 atom stereocenters. The Hall–Kier alpha value is 1.51. The Labute approximate surface area is 142 Å². The van der Waals surface area contributed by atoms with E-state index in [1.807, 2.05) is 0 Å². The van der Waals surface area contributed by atoms with Crippen molar-refractivity contribution in [3.63, 3.8) is 0 Å². The van der Waals surface area contributed by atoms with Crippen molar-refractivity contribution in [3.8, 4) is 0 Å². The van der Waals surface area contributed by atoms with Crippen molar-refractivity contribution in [1.82, 2.24) is 5.32 Å². The molecule has 0 spiro atoms. The molecule has 88 valence electrons. The Morgan fingerprint density at radius 3 is 1.82 bits per heavy atom. The molecule has 0 rings (SSSR count). The Bertz CT molecular complexity index is 352. The van der Waals surface area contributed by atoms with Gasteiger partial charge in [-0.3, -0.25) is 9.36 Å². The maximum atomic E-state index is 10.9. The summed E-state index contributed by atoms with van der Waals surface area (Å²) in [4.78, 5) is 48.9. The van der Waals surface area contributed by atoms with Crippen molar-refractivity contribution in [3.05, 3.63) is 12.2 Å². The quantitative estimate of drug-likeness (QED) is 0.265. The summed E-state index contributed by atoms with van der Waals surface area (Å²) >= 11 is 0. The monoisotopic (exact) mass is 303 g/mol. The van der Waals surface area contributed by atoms with Crippen LogP contribution in [-0.4, -0.2) is 21.2 Å². The zero-order chi connectivity index (χ0) is 12.4. The number of carbonyl (C=O) groups is 1. The van der Waals surface area contributed by atoms with E-state index in [9.17, 15) is 23.7 Å². The smallest absolute Gasteiger partial charge is 0.809 e. The third-order valence-electron chi connectivity index (χ3n) is 1.27. The maximum absolute atomic E-state index is 10.9. The molecule has 0 bridgehead atoms. The van der Waals surface area contributed by atoms with Crippen LogP contribution in [-0.2, 0) is 13.9 Å². The van der Waals surface area contributed by atoms with Gasteiger partial charge in [-0.2, -0.15) is 0 Å². The van der Waals surface area contributed by atoms with E-state index >= 15 is 0 Å². The Kier molecular flexibility index (Phi) is 12.0. The van der Waals surface area contributed by atoms with Crippen LogP contribution in [0.2, 0.25) is 0 Å². The predicted octanol–water partition coefficient (Wildman–Crippen LogP) is -7.94. The van der Waals surface area contributed by atoms with Gasteiger partial charge in [0.25, 0.3) is 0 Å². The zero-order valence-corrected chi connectivity index (χ0v) is 15.4. The molecule has 0 aromatic heterocycles. The Morgan fingerprint density at radius 2 is 1.65 bits per heavy atom. The molecule has 8 nitrogen and oxygen atoms in total. The third-order valence-corrected chi connectivity index (χ3v) is 4.51. The minimum Gasteiger partial charge on any atom is -0.809 e. The molecule has 0 radical (unpaired) electrons. The van der Waals surface area contributed by atoms with Gasteiger partial charge in [0.15, 0.2) is 5.52 Å². The van der Waals surface area contributed by atoms with E-state index in [2.05, 4.69) is 6.58 Å². The van der Waals surface area contributed by atoms with Gasteiger partial charge in [-0.1, -0.05) is 6.58 Å². The molecule has 3 N–H and O–H groups in total. The molecule has 0 saturated carbocycles. The Morgan fingerprint density at radius 1 is 1.29 bits per heavy atom. The molecule has 0 saturated heterocycles. The van der Waals surface area contributed by atoms with Crippen molar-refractivity contribution < 1.29 is 92.6 Å². The van der Waals surface area contributed by atoms with Gasteiger partial charge in [-0.15, -0.1) is 0 Å². The second-order valence-corrected chi connectivity index (χ2v) is 6.45. The molecule has 0 fully saturated rings. The van der Waals surface area contributed by atoms with E-state index in [1.165, 1.54) is 12.2 Å². The second-order valence-electron chi connectivity index (χ2n) is 2.76. The first kappa shape index (κ1) is 23.6. The number of rotatable bonds is 4. The van der Waals surface area contributed by atoms with Crippen LogP contribution < -0.4 is 74.2 Å². The van der Waals surface area contributed by atoms with E-state index < -0.39 is 26.6 Å². The molecule has 0 aliphatic rings. The van der Waals surface area contributed by atoms with Gasteiger partial charge < -0.3 is 29.5 Å². The largest absolute Gasteiger partial charge is 1.00 e. The molecule has 1 unspecified atom stereocenters. The SMILES string of the molecule is C=C(C)C(=O)NC(P(=O)([O-])[O-])P(=O)(O)O.[Na+].[Na+]. The van der Waals surface area contributed by atoms with Crippen LogP contribution in [0.4, 0.5) is 0 Å². The Balaban J connectivity index is -0.000000980. The fraction of sp³-hybridized carbons (Fsp3) is 0.400. The van der Waals surface area contributed by atoms with E-state index in [1.54, 1.807) is 0 Å². The first-order valence-corrected chi connectivity index (χ1v) is 6.79. The van der Waals surface area contributed by atoms with Gasteiger partial charge in [0.1, 0.15) is 0 Å². The average Bonchev–Trinajstić information content (AvgIpc) is 1.94. The number of hydrogen-bond donors (Lipinski definition) is 3. The summed E-state index contributed by atoms with van der Waals surface area (Å²) in [6.45, 7) is 4.30. The summed E-state index contributed by atoms with van der Waals surface area (Å²) in [6, 6.07) is 0. The van der Waals surface area contributed by atoms with E-state index in [0.717, 1.165) is 0 Å². The minimum absolute atomic E-state index is 0. The van der Waals surface area contributed by atoms with Crippen molar-refractivity contribution in [2.24, 2.45) is 0 Å². The molecule has 0 aliphatic carbocycles. The fourth-order valence-corrected chi connectivity index (χ4v) is 2.62. The molecule has 12 heteroatoms. The number of amides is 1. The molecule has 1 amide bonds. The van der Waals surface area contributed by atoms with Crippen LogP contribution in [0.25, 0.3) is 0 Å². The van der Waals surface area contributed by atoms with Crippen LogP contribution >= 0.6 is 15.2 Å². The number of nitrogens with one attached hydrogen (secondary N) is 1. The van der Waals surface area contributed by atoms with Gasteiger partial charge in [0.05, 0.1) is 0 Å². The molecule has 0 aliphatic heterocycles. The second kappa shape index (κ2) is 8.64. The summed E-state index contributed by atoms with van der Waals surface area (Å²) in [5.41, 5.74) is -2.93. The van der Waals surface area contributed by atoms with Crippen molar-refractivity contribution in [1.29, 1.82) is 0 Å². The molecular weight excluding hydrogens is 294 g/mol. The third kappa shape index (κ3) is 9.10. The predicted molar refractivity (Wildman–Crippen MR) is 46.4 cm³/mol. The topological polar surface area (TPSA) is 150 Å². The first-order chi connectivity index (χ1) is 6.46. The van der Waals surface area contributed by atoms with E-state index in [4.69, 9.17) is 9.79 Å². The van der Waals surface area contributed by atoms with Gasteiger partial charge >= 0.3 is 66.7 Å². The van der Waals surface area contributed by atoms with Gasteiger partial charge in [-0.25, -0.2) is 0 Å². The van der Waals surface area contributed by atoms with Crippen LogP contribution in [0.1, 0.15) is 6.92 Å². The van der Waals surface area contributed by atoms with Crippen molar-refractivity contribution in [2.75, 3.05) is 0 Å². The maximum Gasteiger partial charge on any atom is 1.00 e.